The first kappa shape index (κ1) is 19.2. The second-order valence-corrected chi connectivity index (χ2v) is 8.78. The number of rotatable bonds is 5. The van der Waals surface area contributed by atoms with E-state index in [9.17, 15) is 9.59 Å². The van der Waals surface area contributed by atoms with Crippen LogP contribution in [0.1, 0.15) is 29.7 Å². The molecule has 0 bridgehead atoms. The molecular formula is C22H26N2O3S. The van der Waals surface area contributed by atoms with Gasteiger partial charge in [0.05, 0.1) is 5.92 Å². The molecule has 4 rings (SSSR count). The molecule has 2 fully saturated rings. The molecule has 28 heavy (non-hydrogen) atoms. The molecule has 0 saturated carbocycles. The highest BCUT2D eigenvalue weighted by atomic mass is 32.1. The van der Waals surface area contributed by atoms with Gasteiger partial charge in [0, 0.05) is 48.7 Å². The van der Waals surface area contributed by atoms with Gasteiger partial charge in [0.15, 0.2) is 0 Å². The molecule has 148 valence electrons. The lowest BCUT2D eigenvalue weighted by molar-refractivity contribution is -0.126. The van der Waals surface area contributed by atoms with Gasteiger partial charge in [-0.15, -0.1) is 11.3 Å². The lowest BCUT2D eigenvalue weighted by Gasteiger charge is -2.36. The van der Waals surface area contributed by atoms with Crippen LogP contribution in [0, 0.1) is 12.8 Å². The summed E-state index contributed by atoms with van der Waals surface area (Å²) >= 11 is 1.74. The van der Waals surface area contributed by atoms with Gasteiger partial charge in [-0.25, -0.2) is 0 Å². The number of ether oxygens (including phenoxy) is 1. The van der Waals surface area contributed by atoms with Crippen molar-refractivity contribution >= 4 is 28.8 Å². The van der Waals surface area contributed by atoms with Gasteiger partial charge in [-0.1, -0.05) is 23.8 Å². The fourth-order valence-electron chi connectivity index (χ4n) is 4.11. The Hall–Kier alpha value is -2.18. The Kier molecular flexibility index (Phi) is 5.51. The maximum absolute atomic E-state index is 12.9. The van der Waals surface area contributed by atoms with Gasteiger partial charge in [0.25, 0.3) is 0 Å². The molecule has 2 aliphatic rings. The Morgan fingerprint density at radius 2 is 2.00 bits per heavy atom. The Labute approximate surface area is 169 Å². The largest absolute Gasteiger partial charge is 0.381 e. The van der Waals surface area contributed by atoms with Crippen LogP contribution in [0.2, 0.25) is 0 Å². The SMILES string of the molecule is Cc1ccc(N2C[C@H](C(=O)NCC3(c4cccs4)CCOCC3)CC2=O)cc1. The van der Waals surface area contributed by atoms with Gasteiger partial charge < -0.3 is 15.0 Å². The number of aryl methyl sites for hydroxylation is 1. The maximum atomic E-state index is 12.9. The van der Waals surface area contributed by atoms with Gasteiger partial charge in [-0.2, -0.15) is 0 Å². The van der Waals surface area contributed by atoms with Crippen molar-refractivity contribution in [1.82, 2.24) is 5.32 Å². The Morgan fingerprint density at radius 1 is 1.25 bits per heavy atom. The predicted octanol–water partition coefficient (Wildman–Crippen LogP) is 3.27. The topological polar surface area (TPSA) is 58.6 Å². The third kappa shape index (κ3) is 3.84. The molecule has 1 N–H and O–H groups in total. The summed E-state index contributed by atoms with van der Waals surface area (Å²) in [6.07, 6.45) is 2.09. The number of benzene rings is 1. The van der Waals surface area contributed by atoms with Crippen molar-refractivity contribution in [3.05, 3.63) is 52.2 Å². The summed E-state index contributed by atoms with van der Waals surface area (Å²) in [7, 11) is 0. The number of nitrogens with one attached hydrogen (secondary N) is 1. The number of carbonyl (C=O) groups excluding carboxylic acids is 2. The van der Waals surface area contributed by atoms with Gasteiger partial charge in [0.2, 0.25) is 11.8 Å². The standard InChI is InChI=1S/C22H26N2O3S/c1-16-4-6-18(7-5-16)24-14-17(13-20(24)25)21(26)23-15-22(8-10-27-11-9-22)19-3-2-12-28-19/h2-7,12,17H,8-11,13-15H2,1H3,(H,23,26)/t17-/m1/s1. The van der Waals surface area contributed by atoms with E-state index in [2.05, 4.69) is 22.8 Å². The van der Waals surface area contributed by atoms with Crippen molar-refractivity contribution in [2.75, 3.05) is 31.2 Å². The van der Waals surface area contributed by atoms with Crippen LogP contribution < -0.4 is 10.2 Å². The minimum atomic E-state index is -0.297. The van der Waals surface area contributed by atoms with E-state index in [1.54, 1.807) is 16.2 Å². The van der Waals surface area contributed by atoms with Crippen LogP contribution in [0.15, 0.2) is 41.8 Å². The molecule has 1 atom stereocenters. The summed E-state index contributed by atoms with van der Waals surface area (Å²) < 4.78 is 5.56. The fourth-order valence-corrected chi connectivity index (χ4v) is 5.10. The van der Waals surface area contributed by atoms with Crippen LogP contribution in [0.5, 0.6) is 0 Å². The molecule has 1 aromatic carbocycles. The second kappa shape index (κ2) is 8.05. The maximum Gasteiger partial charge on any atom is 0.227 e. The summed E-state index contributed by atoms with van der Waals surface area (Å²) in [5.41, 5.74) is 1.96. The van der Waals surface area contributed by atoms with E-state index in [0.717, 1.165) is 37.3 Å². The van der Waals surface area contributed by atoms with Crippen LogP contribution in [-0.2, 0) is 19.7 Å². The number of amides is 2. The van der Waals surface area contributed by atoms with Crippen LogP contribution in [-0.4, -0.2) is 38.1 Å². The van der Waals surface area contributed by atoms with Crippen molar-refractivity contribution in [1.29, 1.82) is 0 Å². The zero-order valence-electron chi connectivity index (χ0n) is 16.1. The van der Waals surface area contributed by atoms with E-state index >= 15 is 0 Å². The first-order chi connectivity index (χ1) is 13.6. The lowest BCUT2D eigenvalue weighted by Crippen LogP contribution is -2.46. The second-order valence-electron chi connectivity index (χ2n) is 7.83. The van der Waals surface area contributed by atoms with Gasteiger partial charge in [0.1, 0.15) is 0 Å². The summed E-state index contributed by atoms with van der Waals surface area (Å²) in [4.78, 5) is 28.4. The van der Waals surface area contributed by atoms with E-state index in [0.29, 0.717) is 13.1 Å². The van der Waals surface area contributed by atoms with Crippen LogP contribution in [0.4, 0.5) is 5.69 Å². The van der Waals surface area contributed by atoms with E-state index < -0.39 is 0 Å². The average molecular weight is 399 g/mol. The monoisotopic (exact) mass is 398 g/mol. The first-order valence-corrected chi connectivity index (χ1v) is 10.7. The van der Waals surface area contributed by atoms with E-state index in [4.69, 9.17) is 4.74 Å². The molecule has 5 nitrogen and oxygen atoms in total. The molecule has 2 saturated heterocycles. The average Bonchev–Trinajstić information content (AvgIpc) is 3.38. The number of carbonyl (C=O) groups is 2. The minimum Gasteiger partial charge on any atom is -0.381 e. The number of thiophene rings is 1. The summed E-state index contributed by atoms with van der Waals surface area (Å²) in [6, 6.07) is 12.1. The quantitative estimate of drug-likeness (QED) is 0.841. The molecule has 2 amide bonds. The zero-order chi connectivity index (χ0) is 19.6. The minimum absolute atomic E-state index is 0.0167. The van der Waals surface area contributed by atoms with Crippen LogP contribution in [0.25, 0.3) is 0 Å². The molecule has 0 aliphatic carbocycles. The number of nitrogens with zero attached hydrogens (tertiary/aromatic N) is 1. The smallest absolute Gasteiger partial charge is 0.227 e. The molecule has 2 aliphatic heterocycles. The van der Waals surface area contributed by atoms with E-state index in [1.807, 2.05) is 31.2 Å². The molecule has 0 radical (unpaired) electrons. The highest BCUT2D eigenvalue weighted by Crippen LogP contribution is 2.37. The van der Waals surface area contributed by atoms with Crippen LogP contribution >= 0.6 is 11.3 Å². The lowest BCUT2D eigenvalue weighted by atomic mass is 9.78. The molecule has 1 aromatic heterocycles. The van der Waals surface area contributed by atoms with Crippen molar-refractivity contribution in [2.24, 2.45) is 5.92 Å². The van der Waals surface area contributed by atoms with Crippen molar-refractivity contribution in [2.45, 2.75) is 31.6 Å². The van der Waals surface area contributed by atoms with Gasteiger partial charge >= 0.3 is 0 Å². The van der Waals surface area contributed by atoms with E-state index in [-0.39, 0.29) is 29.6 Å². The van der Waals surface area contributed by atoms with Crippen molar-refractivity contribution in [3.8, 4) is 0 Å². The summed E-state index contributed by atoms with van der Waals surface area (Å²) in [6.45, 7) is 4.51. The van der Waals surface area contributed by atoms with E-state index in [1.165, 1.54) is 4.88 Å². The molecule has 3 heterocycles. The Balaban J connectivity index is 1.41. The molecule has 6 heteroatoms. The predicted molar refractivity (Wildman–Crippen MR) is 111 cm³/mol. The molecular weight excluding hydrogens is 372 g/mol. The third-order valence-electron chi connectivity index (χ3n) is 5.94. The summed E-state index contributed by atoms with van der Waals surface area (Å²) in [5, 5.41) is 5.25. The zero-order valence-corrected chi connectivity index (χ0v) is 17.0. The Bertz CT molecular complexity index is 826. The fraction of sp³-hybridized carbons (Fsp3) is 0.455. The number of hydrogen-bond donors (Lipinski definition) is 1. The number of anilines is 1. The molecule has 2 aromatic rings. The third-order valence-corrected chi connectivity index (χ3v) is 7.05. The first-order valence-electron chi connectivity index (χ1n) is 9.84. The highest BCUT2D eigenvalue weighted by Gasteiger charge is 2.39. The molecule has 0 spiro atoms. The molecule has 0 unspecified atom stereocenters. The van der Waals surface area contributed by atoms with Crippen molar-refractivity contribution in [3.63, 3.8) is 0 Å². The Morgan fingerprint density at radius 3 is 2.68 bits per heavy atom. The normalized spacial score (nSPS) is 21.7. The van der Waals surface area contributed by atoms with Crippen LogP contribution in [0.3, 0.4) is 0 Å². The van der Waals surface area contributed by atoms with Crippen molar-refractivity contribution < 1.29 is 14.3 Å². The highest BCUT2D eigenvalue weighted by molar-refractivity contribution is 7.10. The van der Waals surface area contributed by atoms with Gasteiger partial charge in [-0.3, -0.25) is 9.59 Å². The summed E-state index contributed by atoms with van der Waals surface area (Å²) in [5.74, 6) is -0.303. The van der Waals surface area contributed by atoms with Gasteiger partial charge in [-0.05, 0) is 43.3 Å². The number of hydrogen-bond acceptors (Lipinski definition) is 4.